The van der Waals surface area contributed by atoms with Crippen molar-refractivity contribution in [1.82, 2.24) is 4.90 Å². The van der Waals surface area contributed by atoms with Crippen molar-refractivity contribution in [2.45, 2.75) is 33.6 Å². The van der Waals surface area contributed by atoms with Crippen molar-refractivity contribution in [3.05, 3.63) is 10.9 Å². The molecule has 1 aromatic heterocycles. The molecular weight excluding hydrogens is 258 g/mol. The SMILES string of the molecule is CCC(=O)c1sc(NCCCN(CC)CC)cc1N. The number of nitrogen functional groups attached to an aromatic ring is 1. The standard InChI is InChI=1S/C14H25N3OS/c1-4-12(18)14-11(15)10-13(19-14)16-8-7-9-17(5-2)6-3/h10,16H,4-9,15H2,1-3H3. The molecule has 0 spiro atoms. The quantitative estimate of drug-likeness (QED) is 0.540. The fourth-order valence-electron chi connectivity index (χ4n) is 1.92. The van der Waals surface area contributed by atoms with E-state index in [2.05, 4.69) is 24.1 Å². The molecule has 1 rings (SSSR count). The van der Waals surface area contributed by atoms with Gasteiger partial charge in [0.05, 0.1) is 15.6 Å². The van der Waals surface area contributed by atoms with E-state index in [0.29, 0.717) is 17.0 Å². The average molecular weight is 283 g/mol. The monoisotopic (exact) mass is 283 g/mol. The predicted octanol–water partition coefficient (Wildman–Crippen LogP) is 3.07. The number of hydrogen-bond acceptors (Lipinski definition) is 5. The number of nitrogens with two attached hydrogens (primary N) is 1. The van der Waals surface area contributed by atoms with E-state index < -0.39 is 0 Å². The first-order valence-electron chi connectivity index (χ1n) is 7.01. The summed E-state index contributed by atoms with van der Waals surface area (Å²) in [6.45, 7) is 10.4. The Labute approximate surface area is 120 Å². The third kappa shape index (κ3) is 4.84. The highest BCUT2D eigenvalue weighted by Gasteiger charge is 2.12. The van der Waals surface area contributed by atoms with E-state index in [1.165, 1.54) is 11.3 Å². The lowest BCUT2D eigenvalue weighted by molar-refractivity contribution is 0.0993. The van der Waals surface area contributed by atoms with E-state index >= 15 is 0 Å². The lowest BCUT2D eigenvalue weighted by atomic mass is 10.2. The van der Waals surface area contributed by atoms with Gasteiger partial charge in [0.25, 0.3) is 0 Å². The summed E-state index contributed by atoms with van der Waals surface area (Å²) in [4.78, 5) is 14.7. The number of carbonyl (C=O) groups is 1. The number of rotatable bonds is 9. The van der Waals surface area contributed by atoms with E-state index in [-0.39, 0.29) is 5.78 Å². The molecule has 0 radical (unpaired) electrons. The maximum Gasteiger partial charge on any atom is 0.174 e. The van der Waals surface area contributed by atoms with Crippen LogP contribution in [0.3, 0.4) is 0 Å². The Morgan fingerprint density at radius 2 is 2.05 bits per heavy atom. The molecule has 1 heterocycles. The van der Waals surface area contributed by atoms with Crippen LogP contribution in [-0.4, -0.2) is 36.9 Å². The van der Waals surface area contributed by atoms with Crippen LogP contribution in [0.1, 0.15) is 43.3 Å². The molecule has 19 heavy (non-hydrogen) atoms. The molecule has 0 aromatic carbocycles. The smallest absolute Gasteiger partial charge is 0.174 e. The Bertz CT molecular complexity index is 399. The van der Waals surface area contributed by atoms with Gasteiger partial charge in [-0.05, 0) is 32.1 Å². The Balaban J connectivity index is 2.40. The first kappa shape index (κ1) is 16.0. The van der Waals surface area contributed by atoms with Crippen molar-refractivity contribution >= 4 is 27.8 Å². The Morgan fingerprint density at radius 3 is 2.63 bits per heavy atom. The van der Waals surface area contributed by atoms with E-state index in [4.69, 9.17) is 5.73 Å². The third-order valence-electron chi connectivity index (χ3n) is 3.18. The third-order valence-corrected chi connectivity index (χ3v) is 4.33. The minimum Gasteiger partial charge on any atom is -0.397 e. The summed E-state index contributed by atoms with van der Waals surface area (Å²) in [5, 5.41) is 4.34. The van der Waals surface area contributed by atoms with Crippen LogP contribution in [0.4, 0.5) is 10.7 Å². The number of thiophene rings is 1. The van der Waals surface area contributed by atoms with E-state index in [0.717, 1.165) is 37.6 Å². The first-order chi connectivity index (χ1) is 9.12. The number of carbonyl (C=O) groups excluding carboxylic acids is 1. The molecule has 4 nitrogen and oxygen atoms in total. The zero-order valence-corrected chi connectivity index (χ0v) is 13.0. The van der Waals surface area contributed by atoms with Crippen molar-refractivity contribution in [3.8, 4) is 0 Å². The molecule has 0 aliphatic rings. The second-order valence-corrected chi connectivity index (χ2v) is 5.53. The normalized spacial score (nSPS) is 10.9. The van der Waals surface area contributed by atoms with Crippen LogP contribution in [0.2, 0.25) is 0 Å². The van der Waals surface area contributed by atoms with Crippen LogP contribution >= 0.6 is 11.3 Å². The van der Waals surface area contributed by atoms with Crippen molar-refractivity contribution < 1.29 is 4.79 Å². The fraction of sp³-hybridized carbons (Fsp3) is 0.643. The van der Waals surface area contributed by atoms with Crippen molar-refractivity contribution in [2.75, 3.05) is 37.2 Å². The first-order valence-corrected chi connectivity index (χ1v) is 7.82. The molecule has 0 aliphatic heterocycles. The molecule has 0 atom stereocenters. The van der Waals surface area contributed by atoms with Crippen LogP contribution in [-0.2, 0) is 0 Å². The van der Waals surface area contributed by atoms with Gasteiger partial charge in [0.1, 0.15) is 0 Å². The maximum absolute atomic E-state index is 11.6. The van der Waals surface area contributed by atoms with Crippen LogP contribution in [0, 0.1) is 0 Å². The summed E-state index contributed by atoms with van der Waals surface area (Å²) in [7, 11) is 0. The molecule has 0 saturated carbocycles. The fourth-order valence-corrected chi connectivity index (χ4v) is 2.94. The summed E-state index contributed by atoms with van der Waals surface area (Å²) in [6.07, 6.45) is 1.60. The Kier molecular flexibility index (Phi) is 6.87. The molecule has 3 N–H and O–H groups in total. The van der Waals surface area contributed by atoms with Crippen LogP contribution in [0.15, 0.2) is 6.07 Å². The summed E-state index contributed by atoms with van der Waals surface area (Å²) in [5.41, 5.74) is 6.45. The van der Waals surface area contributed by atoms with Gasteiger partial charge in [-0.15, -0.1) is 11.3 Å². The highest BCUT2D eigenvalue weighted by molar-refractivity contribution is 7.18. The van der Waals surface area contributed by atoms with E-state index in [1.54, 1.807) is 0 Å². The van der Waals surface area contributed by atoms with Gasteiger partial charge in [0.15, 0.2) is 5.78 Å². The average Bonchev–Trinajstić information content (AvgIpc) is 2.79. The number of ketones is 1. The van der Waals surface area contributed by atoms with Gasteiger partial charge >= 0.3 is 0 Å². The van der Waals surface area contributed by atoms with Gasteiger partial charge in [-0.1, -0.05) is 20.8 Å². The Morgan fingerprint density at radius 1 is 1.37 bits per heavy atom. The summed E-state index contributed by atoms with van der Waals surface area (Å²) in [5.74, 6) is 0.124. The van der Waals surface area contributed by atoms with E-state index in [1.807, 2.05) is 13.0 Å². The minimum atomic E-state index is 0.124. The largest absolute Gasteiger partial charge is 0.397 e. The highest BCUT2D eigenvalue weighted by Crippen LogP contribution is 2.30. The zero-order chi connectivity index (χ0) is 14.3. The van der Waals surface area contributed by atoms with Crippen LogP contribution < -0.4 is 11.1 Å². The molecule has 0 unspecified atom stereocenters. The second kappa shape index (κ2) is 8.17. The molecule has 1 aromatic rings. The van der Waals surface area contributed by atoms with Gasteiger partial charge in [-0.3, -0.25) is 4.79 Å². The Hall–Kier alpha value is -1.07. The maximum atomic E-state index is 11.6. The second-order valence-electron chi connectivity index (χ2n) is 4.48. The summed E-state index contributed by atoms with van der Waals surface area (Å²) >= 11 is 1.46. The van der Waals surface area contributed by atoms with Gasteiger partial charge in [-0.25, -0.2) is 0 Å². The molecule has 0 saturated heterocycles. The molecular formula is C14H25N3OS. The van der Waals surface area contributed by atoms with E-state index in [9.17, 15) is 4.79 Å². The summed E-state index contributed by atoms with van der Waals surface area (Å²) in [6, 6.07) is 1.87. The molecule has 0 aliphatic carbocycles. The number of Topliss-reactive ketones (excluding diaryl/α,β-unsaturated/α-hetero) is 1. The van der Waals surface area contributed by atoms with Gasteiger partial charge < -0.3 is 16.0 Å². The summed E-state index contributed by atoms with van der Waals surface area (Å²) < 4.78 is 0. The van der Waals surface area contributed by atoms with Crippen molar-refractivity contribution in [3.63, 3.8) is 0 Å². The van der Waals surface area contributed by atoms with Crippen molar-refractivity contribution in [2.24, 2.45) is 0 Å². The number of nitrogens with one attached hydrogen (secondary N) is 1. The number of anilines is 2. The van der Waals surface area contributed by atoms with Crippen LogP contribution in [0.25, 0.3) is 0 Å². The lowest BCUT2D eigenvalue weighted by Gasteiger charge is -2.17. The van der Waals surface area contributed by atoms with Gasteiger partial charge in [0, 0.05) is 13.0 Å². The van der Waals surface area contributed by atoms with Crippen LogP contribution in [0.5, 0.6) is 0 Å². The van der Waals surface area contributed by atoms with Gasteiger partial charge in [-0.2, -0.15) is 0 Å². The molecule has 0 amide bonds. The number of hydrogen-bond donors (Lipinski definition) is 2. The molecule has 0 fully saturated rings. The molecule has 108 valence electrons. The van der Waals surface area contributed by atoms with Gasteiger partial charge in [0.2, 0.25) is 0 Å². The molecule has 0 bridgehead atoms. The minimum absolute atomic E-state index is 0.124. The topological polar surface area (TPSA) is 58.4 Å². The highest BCUT2D eigenvalue weighted by atomic mass is 32.1. The van der Waals surface area contributed by atoms with Crippen molar-refractivity contribution in [1.29, 1.82) is 0 Å². The zero-order valence-electron chi connectivity index (χ0n) is 12.2. The lowest BCUT2D eigenvalue weighted by Crippen LogP contribution is -2.25. The number of nitrogens with zero attached hydrogens (tertiary/aromatic N) is 1. The molecule has 5 heteroatoms. The predicted molar refractivity (Wildman–Crippen MR) is 84.2 cm³/mol.